The molecule has 7 nitrogen and oxygen atoms in total. The molecule has 3 atom stereocenters. The van der Waals surface area contributed by atoms with Crippen molar-refractivity contribution in [3.63, 3.8) is 0 Å². The van der Waals surface area contributed by atoms with Crippen LogP contribution in [0.1, 0.15) is 0 Å². The maximum Gasteiger partial charge on any atom is 0.265 e. The molecule has 0 fully saturated rings. The van der Waals surface area contributed by atoms with E-state index in [1.165, 1.54) is 0 Å². The number of carbonyl (C=O) groups is 1. The number of hydrogen-bond acceptors (Lipinski definition) is 7. The molecule has 0 aliphatic rings. The van der Waals surface area contributed by atoms with Crippen LogP contribution in [0.4, 0.5) is 0 Å². The van der Waals surface area contributed by atoms with Gasteiger partial charge in [0.05, 0.1) is 12.9 Å². The van der Waals surface area contributed by atoms with Gasteiger partial charge in [-0.3, -0.25) is 4.18 Å². The predicted octanol–water partition coefficient (Wildman–Crippen LogP) is -2.76. The molecule has 0 bridgehead atoms. The molecule has 3 N–H and O–H groups in total. The van der Waals surface area contributed by atoms with Crippen LogP contribution in [0, 0.1) is 0 Å². The molecule has 0 saturated carbocycles. The fraction of sp³-hybridized carbons (Fsp3) is 0.833. The summed E-state index contributed by atoms with van der Waals surface area (Å²) >= 11 is 0. The summed E-state index contributed by atoms with van der Waals surface area (Å²) in [4.78, 5) is 10.3. The van der Waals surface area contributed by atoms with E-state index in [-0.39, 0.29) is 6.29 Å². The number of hydrogen-bond donors (Lipinski definition) is 3. The van der Waals surface area contributed by atoms with Gasteiger partial charge in [-0.1, -0.05) is 0 Å². The predicted molar refractivity (Wildman–Crippen MR) is 44.9 cm³/mol. The number of carbonyl (C=O) groups excluding carboxylic acids is 1. The molecule has 0 aromatic carbocycles. The van der Waals surface area contributed by atoms with Crippen molar-refractivity contribution < 1.29 is 32.7 Å². The summed E-state index contributed by atoms with van der Waals surface area (Å²) in [6.45, 7) is -0.807. The lowest BCUT2D eigenvalue weighted by Gasteiger charge is -2.20. The quantitative estimate of drug-likeness (QED) is 0.332. The van der Waals surface area contributed by atoms with Gasteiger partial charge in [0.25, 0.3) is 10.1 Å². The minimum absolute atomic E-state index is 0.0323. The van der Waals surface area contributed by atoms with Crippen LogP contribution in [-0.4, -0.2) is 61.2 Å². The van der Waals surface area contributed by atoms with E-state index >= 15 is 0 Å². The highest BCUT2D eigenvalue weighted by Gasteiger charge is 2.29. The highest BCUT2D eigenvalue weighted by atomic mass is 32.2. The Bertz CT molecular complexity index is 272. The van der Waals surface area contributed by atoms with Crippen molar-refractivity contribution in [3.8, 4) is 0 Å². The molecule has 0 aromatic heterocycles. The highest BCUT2D eigenvalue weighted by molar-refractivity contribution is 7.86. The standard InChI is InChI=1S/C6H12O7S/c1-14(11,12)13-5(3-8)6(10)4(9)2-7/h3-7,9-10H,2H2,1H3/t4-,5-,6+/m1/s1. The maximum atomic E-state index is 10.6. The normalized spacial score (nSPS) is 18.6. The molecule has 0 aliphatic heterocycles. The van der Waals surface area contributed by atoms with E-state index in [1.807, 2.05) is 0 Å². The van der Waals surface area contributed by atoms with Gasteiger partial charge < -0.3 is 20.1 Å². The molecule has 84 valence electrons. The summed E-state index contributed by atoms with van der Waals surface area (Å²) < 4.78 is 25.3. The van der Waals surface area contributed by atoms with Crippen molar-refractivity contribution >= 4 is 16.4 Å². The van der Waals surface area contributed by atoms with Crippen molar-refractivity contribution in [2.24, 2.45) is 0 Å². The van der Waals surface area contributed by atoms with E-state index in [9.17, 15) is 13.2 Å². The molecule has 0 aromatic rings. The van der Waals surface area contributed by atoms with Crippen molar-refractivity contribution in [1.82, 2.24) is 0 Å². The summed E-state index contributed by atoms with van der Waals surface area (Å²) in [6.07, 6.45) is -4.40. The molecule has 14 heavy (non-hydrogen) atoms. The minimum Gasteiger partial charge on any atom is -0.394 e. The van der Waals surface area contributed by atoms with Crippen LogP contribution in [0.5, 0.6) is 0 Å². The summed E-state index contributed by atoms with van der Waals surface area (Å²) in [5.41, 5.74) is 0. The molecule has 0 rings (SSSR count). The number of aliphatic hydroxyl groups is 3. The lowest BCUT2D eigenvalue weighted by Crippen LogP contribution is -2.42. The Kier molecular flexibility index (Phi) is 5.16. The first-order valence-corrected chi connectivity index (χ1v) is 5.44. The van der Waals surface area contributed by atoms with Crippen LogP contribution in [0.2, 0.25) is 0 Å². The Morgan fingerprint density at radius 2 is 1.93 bits per heavy atom. The van der Waals surface area contributed by atoms with Crippen LogP contribution >= 0.6 is 0 Å². The smallest absolute Gasteiger partial charge is 0.265 e. The van der Waals surface area contributed by atoms with Gasteiger partial charge >= 0.3 is 0 Å². The molecule has 0 aliphatic carbocycles. The first-order chi connectivity index (χ1) is 6.31. The summed E-state index contributed by atoms with van der Waals surface area (Å²) in [5.74, 6) is 0. The zero-order chi connectivity index (χ0) is 11.4. The molecular weight excluding hydrogens is 216 g/mol. The Morgan fingerprint density at radius 1 is 1.43 bits per heavy atom. The lowest BCUT2D eigenvalue weighted by molar-refractivity contribution is -0.124. The van der Waals surface area contributed by atoms with Crippen LogP contribution < -0.4 is 0 Å². The molecule has 0 heterocycles. The van der Waals surface area contributed by atoms with Crippen molar-refractivity contribution in [2.45, 2.75) is 18.3 Å². The monoisotopic (exact) mass is 228 g/mol. The molecular formula is C6H12O7S. The maximum absolute atomic E-state index is 10.6. The fourth-order valence-electron chi connectivity index (χ4n) is 0.689. The Morgan fingerprint density at radius 3 is 2.21 bits per heavy atom. The topological polar surface area (TPSA) is 121 Å². The third kappa shape index (κ3) is 4.63. The van der Waals surface area contributed by atoms with Gasteiger partial charge in [0.2, 0.25) is 0 Å². The van der Waals surface area contributed by atoms with Crippen molar-refractivity contribution in [2.75, 3.05) is 12.9 Å². The molecule has 8 heteroatoms. The van der Waals surface area contributed by atoms with E-state index in [0.717, 1.165) is 0 Å². The SMILES string of the molecule is CS(=O)(=O)O[C@H](C=O)[C@@H](O)[C@H](O)CO. The number of aliphatic hydroxyl groups excluding tert-OH is 3. The molecule has 0 saturated heterocycles. The third-order valence-electron chi connectivity index (χ3n) is 1.34. The average Bonchev–Trinajstić information content (AvgIpc) is 2.10. The summed E-state index contributed by atoms with van der Waals surface area (Å²) in [7, 11) is -3.91. The van der Waals surface area contributed by atoms with Crippen LogP contribution in [-0.2, 0) is 19.1 Å². The number of rotatable bonds is 6. The second kappa shape index (κ2) is 5.37. The van der Waals surface area contributed by atoms with Gasteiger partial charge in [-0.05, 0) is 0 Å². The molecule has 0 radical (unpaired) electrons. The summed E-state index contributed by atoms with van der Waals surface area (Å²) in [5, 5.41) is 26.4. The fourth-order valence-corrected chi connectivity index (χ4v) is 1.25. The molecule has 0 unspecified atom stereocenters. The minimum atomic E-state index is -3.91. The Hall–Kier alpha value is -0.540. The van der Waals surface area contributed by atoms with Gasteiger partial charge in [-0.25, -0.2) is 0 Å². The van der Waals surface area contributed by atoms with E-state index in [2.05, 4.69) is 4.18 Å². The Balaban J connectivity index is 4.49. The average molecular weight is 228 g/mol. The third-order valence-corrected chi connectivity index (χ3v) is 1.91. The van der Waals surface area contributed by atoms with Crippen molar-refractivity contribution in [1.29, 1.82) is 0 Å². The van der Waals surface area contributed by atoms with Crippen LogP contribution in [0.3, 0.4) is 0 Å². The van der Waals surface area contributed by atoms with E-state index in [1.54, 1.807) is 0 Å². The zero-order valence-corrected chi connectivity index (χ0v) is 8.22. The molecule has 0 spiro atoms. The van der Waals surface area contributed by atoms with E-state index in [4.69, 9.17) is 15.3 Å². The molecule has 0 amide bonds. The largest absolute Gasteiger partial charge is 0.394 e. The second-order valence-electron chi connectivity index (χ2n) is 2.64. The van der Waals surface area contributed by atoms with Crippen molar-refractivity contribution in [3.05, 3.63) is 0 Å². The Labute approximate surface area is 81.1 Å². The number of aldehydes is 1. The highest BCUT2D eigenvalue weighted by Crippen LogP contribution is 2.05. The van der Waals surface area contributed by atoms with Gasteiger partial charge in [-0.15, -0.1) is 0 Å². The van der Waals surface area contributed by atoms with Crippen LogP contribution in [0.15, 0.2) is 0 Å². The first kappa shape index (κ1) is 13.5. The van der Waals surface area contributed by atoms with Crippen LogP contribution in [0.25, 0.3) is 0 Å². The van der Waals surface area contributed by atoms with E-state index in [0.29, 0.717) is 6.26 Å². The van der Waals surface area contributed by atoms with Gasteiger partial charge in [0.1, 0.15) is 12.2 Å². The zero-order valence-electron chi connectivity index (χ0n) is 7.40. The summed E-state index contributed by atoms with van der Waals surface area (Å²) in [6, 6.07) is 0. The van der Waals surface area contributed by atoms with Gasteiger partial charge in [-0.2, -0.15) is 8.42 Å². The first-order valence-electron chi connectivity index (χ1n) is 3.62. The van der Waals surface area contributed by atoms with Gasteiger partial charge in [0.15, 0.2) is 12.4 Å². The lowest BCUT2D eigenvalue weighted by atomic mass is 10.1. The van der Waals surface area contributed by atoms with Gasteiger partial charge in [0, 0.05) is 0 Å². The second-order valence-corrected chi connectivity index (χ2v) is 4.24. The van der Waals surface area contributed by atoms with E-state index < -0.39 is 35.0 Å².